The highest BCUT2D eigenvalue weighted by molar-refractivity contribution is 7.07. The van der Waals surface area contributed by atoms with Gasteiger partial charge in [0.2, 0.25) is 17.3 Å². The van der Waals surface area contributed by atoms with E-state index in [9.17, 15) is 14.4 Å². The van der Waals surface area contributed by atoms with Crippen LogP contribution in [0, 0.1) is 0 Å². The maximum atomic E-state index is 13.9. The van der Waals surface area contributed by atoms with E-state index in [4.69, 9.17) is 4.74 Å². The number of amides is 3. The van der Waals surface area contributed by atoms with Gasteiger partial charge in [-0.05, 0) is 56.5 Å². The monoisotopic (exact) mass is 601 g/mol. The minimum Gasteiger partial charge on any atom is -0.444 e. The Hall–Kier alpha value is -4.24. The zero-order valence-corrected chi connectivity index (χ0v) is 26.2. The average molecular weight is 602 g/mol. The highest BCUT2D eigenvalue weighted by Gasteiger charge is 2.31. The number of thiazole rings is 1. The third-order valence-corrected chi connectivity index (χ3v) is 7.87. The standard InChI is InChI=1S/C34H40N4O4S/c1-6-38-22-43-21-26(38)20-30(31(39)35-23(2)27-18-12-16-25-15-10-11-17-28(25)27)36-32(40)29(19-24-13-8-7-9-14-24)37-33(41)42-34(3,4)5/h7-18,21-23,29-30H,6,19-20H2,1-5H3,(H2-,35,36,37,39,40,41)/p+1/t23?,29-,30+/m1/s1. The fourth-order valence-electron chi connectivity index (χ4n) is 4.98. The Morgan fingerprint density at radius 1 is 0.837 bits per heavy atom. The summed E-state index contributed by atoms with van der Waals surface area (Å²) in [5.41, 5.74) is 4.05. The van der Waals surface area contributed by atoms with Crippen molar-refractivity contribution < 1.29 is 23.7 Å². The van der Waals surface area contributed by atoms with E-state index in [1.807, 2.05) is 97.5 Å². The van der Waals surface area contributed by atoms with E-state index in [0.717, 1.165) is 34.1 Å². The van der Waals surface area contributed by atoms with Crippen molar-refractivity contribution in [2.24, 2.45) is 0 Å². The van der Waals surface area contributed by atoms with Crippen LogP contribution in [0.1, 0.15) is 57.5 Å². The Bertz CT molecular complexity index is 1540. The second-order valence-corrected chi connectivity index (χ2v) is 12.3. The molecule has 3 amide bonds. The molecular formula is C34H41N4O4S+. The van der Waals surface area contributed by atoms with E-state index in [0.29, 0.717) is 6.42 Å². The Morgan fingerprint density at radius 2 is 1.49 bits per heavy atom. The maximum absolute atomic E-state index is 13.9. The van der Waals surface area contributed by atoms with Gasteiger partial charge >= 0.3 is 6.09 Å². The number of benzene rings is 3. The van der Waals surface area contributed by atoms with E-state index >= 15 is 0 Å². The fraction of sp³-hybridized carbons (Fsp3) is 0.353. The predicted molar refractivity (Wildman–Crippen MR) is 170 cm³/mol. The van der Waals surface area contributed by atoms with Crippen LogP contribution in [0.15, 0.2) is 83.7 Å². The van der Waals surface area contributed by atoms with Crippen molar-refractivity contribution in [1.82, 2.24) is 16.0 Å². The van der Waals surface area contributed by atoms with Crippen molar-refractivity contribution >= 4 is 40.0 Å². The zero-order valence-electron chi connectivity index (χ0n) is 25.4. The number of aryl methyl sites for hydroxylation is 1. The van der Waals surface area contributed by atoms with Crippen molar-refractivity contribution in [3.8, 4) is 0 Å². The Balaban J connectivity index is 1.58. The number of carbonyl (C=O) groups is 3. The van der Waals surface area contributed by atoms with Crippen LogP contribution in [0.4, 0.5) is 4.79 Å². The lowest BCUT2D eigenvalue weighted by Gasteiger charge is -2.26. The number of nitrogens with one attached hydrogen (secondary N) is 3. The first kappa shape index (κ1) is 31.7. The summed E-state index contributed by atoms with van der Waals surface area (Å²) >= 11 is 1.54. The molecule has 0 bridgehead atoms. The lowest BCUT2D eigenvalue weighted by molar-refractivity contribution is -0.696. The largest absolute Gasteiger partial charge is 0.444 e. The molecule has 1 aromatic heterocycles. The van der Waals surface area contributed by atoms with Crippen LogP contribution in [0.3, 0.4) is 0 Å². The molecule has 226 valence electrons. The molecule has 1 unspecified atom stereocenters. The number of alkyl carbamates (subject to hydrolysis) is 1. The predicted octanol–water partition coefficient (Wildman–Crippen LogP) is 5.25. The molecule has 3 aromatic carbocycles. The van der Waals surface area contributed by atoms with E-state index in [1.54, 1.807) is 32.1 Å². The molecule has 4 rings (SSSR count). The number of aromatic nitrogens is 1. The van der Waals surface area contributed by atoms with E-state index in [2.05, 4.69) is 20.5 Å². The molecule has 0 saturated heterocycles. The molecule has 0 radical (unpaired) electrons. The summed E-state index contributed by atoms with van der Waals surface area (Å²) in [6, 6.07) is 21.4. The van der Waals surface area contributed by atoms with Crippen LogP contribution in [-0.4, -0.2) is 35.6 Å². The van der Waals surface area contributed by atoms with Gasteiger partial charge in [-0.15, -0.1) is 0 Å². The SMILES string of the molecule is CC[n+]1cscc1C[C@H](NC(=O)[C@@H](Cc1ccccc1)NC(=O)OC(C)(C)C)C(=O)NC(C)c1cccc2ccccc12. The molecule has 3 atom stereocenters. The molecule has 0 saturated carbocycles. The quantitative estimate of drug-likeness (QED) is 0.205. The summed E-state index contributed by atoms with van der Waals surface area (Å²) in [5.74, 6) is -0.774. The zero-order chi connectivity index (χ0) is 31.0. The van der Waals surface area contributed by atoms with Gasteiger partial charge in [-0.1, -0.05) is 84.1 Å². The molecule has 1 heterocycles. The minimum absolute atomic E-state index is 0.236. The van der Waals surface area contributed by atoms with Crippen LogP contribution in [0.2, 0.25) is 0 Å². The van der Waals surface area contributed by atoms with Gasteiger partial charge in [0.15, 0.2) is 5.69 Å². The van der Waals surface area contributed by atoms with E-state index in [-0.39, 0.29) is 18.4 Å². The lowest BCUT2D eigenvalue weighted by Crippen LogP contribution is -2.56. The van der Waals surface area contributed by atoms with Crippen molar-refractivity contribution in [3.63, 3.8) is 0 Å². The Kier molecular flexibility index (Phi) is 10.5. The molecule has 0 spiro atoms. The second kappa shape index (κ2) is 14.3. The smallest absolute Gasteiger partial charge is 0.408 e. The third-order valence-electron chi connectivity index (χ3n) is 7.09. The average Bonchev–Trinajstić information content (AvgIpc) is 3.42. The van der Waals surface area contributed by atoms with Gasteiger partial charge in [0.25, 0.3) is 0 Å². The van der Waals surface area contributed by atoms with E-state index in [1.165, 1.54) is 0 Å². The van der Waals surface area contributed by atoms with Gasteiger partial charge in [-0.25, -0.2) is 4.79 Å². The van der Waals surface area contributed by atoms with Gasteiger partial charge in [0.05, 0.1) is 17.8 Å². The molecule has 0 aliphatic heterocycles. The minimum atomic E-state index is -0.955. The molecule has 0 aliphatic rings. The Morgan fingerprint density at radius 3 is 2.21 bits per heavy atom. The van der Waals surface area contributed by atoms with Gasteiger partial charge in [-0.2, -0.15) is 4.57 Å². The van der Waals surface area contributed by atoms with Crippen molar-refractivity contribution in [1.29, 1.82) is 0 Å². The molecule has 0 fully saturated rings. The maximum Gasteiger partial charge on any atom is 0.408 e. The van der Waals surface area contributed by atoms with Crippen LogP contribution in [0.5, 0.6) is 0 Å². The summed E-state index contributed by atoms with van der Waals surface area (Å²) < 4.78 is 7.51. The lowest BCUT2D eigenvalue weighted by atomic mass is 9.99. The number of nitrogens with zero attached hydrogens (tertiary/aromatic N) is 1. The summed E-state index contributed by atoms with van der Waals surface area (Å²) in [5, 5.41) is 13.0. The highest BCUT2D eigenvalue weighted by Crippen LogP contribution is 2.24. The number of fused-ring (bicyclic) bond motifs is 1. The second-order valence-electron chi connectivity index (χ2n) is 11.6. The summed E-state index contributed by atoms with van der Waals surface area (Å²) in [6.07, 6.45) is -0.169. The van der Waals surface area contributed by atoms with Crippen LogP contribution < -0.4 is 20.5 Å². The number of hydrogen-bond acceptors (Lipinski definition) is 5. The molecular weight excluding hydrogens is 560 g/mol. The first-order chi connectivity index (χ1) is 20.5. The van der Waals surface area contributed by atoms with Gasteiger partial charge in [0, 0.05) is 6.42 Å². The highest BCUT2D eigenvalue weighted by atomic mass is 32.1. The van der Waals surface area contributed by atoms with Crippen molar-refractivity contribution in [3.05, 3.63) is 101 Å². The molecule has 8 nitrogen and oxygen atoms in total. The number of hydrogen-bond donors (Lipinski definition) is 3. The molecule has 0 aliphatic carbocycles. The molecule has 4 aromatic rings. The summed E-state index contributed by atoms with van der Waals surface area (Å²) in [6.45, 7) is 10.0. The summed E-state index contributed by atoms with van der Waals surface area (Å²) in [7, 11) is 0. The third kappa shape index (κ3) is 8.88. The Labute approximate surface area is 257 Å². The van der Waals surface area contributed by atoms with Crippen molar-refractivity contribution in [2.45, 2.75) is 77.7 Å². The van der Waals surface area contributed by atoms with Gasteiger partial charge in [0.1, 0.15) is 24.2 Å². The first-order valence-electron chi connectivity index (χ1n) is 14.6. The van der Waals surface area contributed by atoms with Crippen LogP contribution in [-0.2, 0) is 33.7 Å². The number of carbonyl (C=O) groups excluding carboxylic acids is 3. The van der Waals surface area contributed by atoms with Crippen LogP contribution in [0.25, 0.3) is 10.8 Å². The van der Waals surface area contributed by atoms with Crippen molar-refractivity contribution in [2.75, 3.05) is 0 Å². The topological polar surface area (TPSA) is 100 Å². The normalized spacial score (nSPS) is 13.5. The van der Waals surface area contributed by atoms with Gasteiger partial charge < -0.3 is 20.7 Å². The fourth-order valence-corrected chi connectivity index (χ4v) is 5.86. The number of rotatable bonds is 11. The molecule has 3 N–H and O–H groups in total. The first-order valence-corrected chi connectivity index (χ1v) is 15.5. The molecule has 9 heteroatoms. The summed E-state index contributed by atoms with van der Waals surface area (Å²) in [4.78, 5) is 40.4. The number of ether oxygens (including phenoxy) is 1. The van der Waals surface area contributed by atoms with Crippen LogP contribution >= 0.6 is 11.3 Å². The molecule has 43 heavy (non-hydrogen) atoms. The van der Waals surface area contributed by atoms with E-state index < -0.39 is 29.7 Å². The van der Waals surface area contributed by atoms with Gasteiger partial charge in [-0.3, -0.25) is 9.59 Å².